The number of carbonyl (C=O) groups is 1. The van der Waals surface area contributed by atoms with Gasteiger partial charge in [0.15, 0.2) is 0 Å². The third kappa shape index (κ3) is 4.20. The lowest BCUT2D eigenvalue weighted by Gasteiger charge is -2.27. The molecule has 1 aliphatic heterocycles. The van der Waals surface area contributed by atoms with Crippen LogP contribution in [0.4, 0.5) is 18.9 Å². The number of halogens is 4. The van der Waals surface area contributed by atoms with Crippen molar-refractivity contribution >= 4 is 27.5 Å². The highest BCUT2D eigenvalue weighted by Crippen LogP contribution is 2.34. The molecule has 1 aliphatic rings. The molecule has 0 saturated carbocycles. The fraction of sp³-hybridized carbons (Fsp3) is 0.500. The van der Waals surface area contributed by atoms with E-state index in [-0.39, 0.29) is 23.6 Å². The van der Waals surface area contributed by atoms with Gasteiger partial charge in [-0.25, -0.2) is 0 Å². The highest BCUT2D eigenvalue weighted by atomic mass is 79.9. The molecule has 1 heterocycles. The van der Waals surface area contributed by atoms with Crippen LogP contribution in [-0.2, 0) is 11.0 Å². The van der Waals surface area contributed by atoms with Crippen molar-refractivity contribution in [2.45, 2.75) is 32.0 Å². The smallest absolute Gasteiger partial charge is 0.325 e. The van der Waals surface area contributed by atoms with Gasteiger partial charge in [0.1, 0.15) is 0 Å². The molecule has 1 aromatic rings. The molecule has 0 radical (unpaired) electrons. The Morgan fingerprint density at radius 1 is 1.43 bits per heavy atom. The first kappa shape index (κ1) is 16.3. The second-order valence-electron chi connectivity index (χ2n) is 5.26. The highest BCUT2D eigenvalue weighted by molar-refractivity contribution is 9.10. The predicted octanol–water partition coefficient (Wildman–Crippen LogP) is 3.79. The average Bonchev–Trinajstić information content (AvgIpc) is 2.40. The molecular formula is C14H16BrF3N2O. The van der Waals surface area contributed by atoms with Crippen LogP contribution in [0.25, 0.3) is 0 Å². The van der Waals surface area contributed by atoms with Gasteiger partial charge in [0.25, 0.3) is 0 Å². The summed E-state index contributed by atoms with van der Waals surface area (Å²) < 4.78 is 38.6. The van der Waals surface area contributed by atoms with Crippen molar-refractivity contribution < 1.29 is 18.0 Å². The van der Waals surface area contributed by atoms with Crippen molar-refractivity contribution in [2.75, 3.05) is 11.9 Å². The molecule has 0 aliphatic carbocycles. The normalized spacial score (nSPS) is 22.9. The van der Waals surface area contributed by atoms with E-state index < -0.39 is 11.7 Å². The Labute approximate surface area is 129 Å². The van der Waals surface area contributed by atoms with Crippen LogP contribution in [0.2, 0.25) is 0 Å². The van der Waals surface area contributed by atoms with E-state index in [4.69, 9.17) is 0 Å². The van der Waals surface area contributed by atoms with Crippen LogP contribution in [0, 0.1) is 5.92 Å². The molecular weight excluding hydrogens is 349 g/mol. The summed E-state index contributed by atoms with van der Waals surface area (Å²) in [6.07, 6.45) is -3.06. The number of hydrogen-bond acceptors (Lipinski definition) is 2. The lowest BCUT2D eigenvalue weighted by Crippen LogP contribution is -2.40. The molecule has 2 unspecified atom stereocenters. The zero-order valence-electron chi connectivity index (χ0n) is 11.4. The second-order valence-corrected chi connectivity index (χ2v) is 6.11. The Hall–Kier alpha value is -1.08. The Kier molecular flexibility index (Phi) is 4.93. The van der Waals surface area contributed by atoms with E-state index in [1.807, 2.05) is 6.92 Å². The molecule has 0 bridgehead atoms. The number of carbonyl (C=O) groups excluding carboxylic acids is 1. The van der Waals surface area contributed by atoms with Crippen molar-refractivity contribution in [1.29, 1.82) is 0 Å². The fourth-order valence-corrected chi connectivity index (χ4v) is 2.75. The number of alkyl halides is 3. The highest BCUT2D eigenvalue weighted by Gasteiger charge is 2.31. The molecule has 0 aromatic heterocycles. The molecule has 3 nitrogen and oxygen atoms in total. The number of piperidine rings is 1. The maximum atomic E-state index is 12.7. The van der Waals surface area contributed by atoms with E-state index in [9.17, 15) is 18.0 Å². The first-order valence-corrected chi connectivity index (χ1v) is 7.47. The summed E-state index contributed by atoms with van der Waals surface area (Å²) in [5.74, 6) is -0.411. The third-order valence-electron chi connectivity index (χ3n) is 3.55. The summed E-state index contributed by atoms with van der Waals surface area (Å²) in [5.41, 5.74) is -0.624. The van der Waals surface area contributed by atoms with Gasteiger partial charge < -0.3 is 10.6 Å². The van der Waals surface area contributed by atoms with E-state index >= 15 is 0 Å². The van der Waals surface area contributed by atoms with Gasteiger partial charge in [0.2, 0.25) is 5.91 Å². The van der Waals surface area contributed by atoms with Gasteiger partial charge in [0.05, 0.1) is 11.3 Å². The zero-order valence-corrected chi connectivity index (χ0v) is 13.0. The lowest BCUT2D eigenvalue weighted by atomic mass is 9.92. The topological polar surface area (TPSA) is 41.1 Å². The predicted molar refractivity (Wildman–Crippen MR) is 78.0 cm³/mol. The summed E-state index contributed by atoms with van der Waals surface area (Å²) in [5, 5.41) is 5.83. The minimum absolute atomic E-state index is 0.154. The summed E-state index contributed by atoms with van der Waals surface area (Å²) >= 11 is 3.17. The van der Waals surface area contributed by atoms with Crippen LogP contribution in [0.15, 0.2) is 22.7 Å². The van der Waals surface area contributed by atoms with Gasteiger partial charge in [-0.05, 0) is 60.4 Å². The Morgan fingerprint density at radius 2 is 2.14 bits per heavy atom. The molecule has 21 heavy (non-hydrogen) atoms. The van der Waals surface area contributed by atoms with Crippen molar-refractivity contribution in [1.82, 2.24) is 5.32 Å². The zero-order chi connectivity index (χ0) is 15.6. The summed E-state index contributed by atoms with van der Waals surface area (Å²) in [4.78, 5) is 12.2. The third-order valence-corrected chi connectivity index (χ3v) is 4.24. The van der Waals surface area contributed by atoms with E-state index in [1.165, 1.54) is 6.07 Å². The maximum absolute atomic E-state index is 12.7. The number of hydrogen-bond donors (Lipinski definition) is 2. The van der Waals surface area contributed by atoms with Crippen LogP contribution in [0.3, 0.4) is 0 Å². The number of nitrogens with one attached hydrogen (secondary N) is 2. The lowest BCUT2D eigenvalue weighted by molar-refractivity contribution is -0.137. The number of rotatable bonds is 2. The van der Waals surface area contributed by atoms with E-state index in [0.717, 1.165) is 18.7 Å². The van der Waals surface area contributed by atoms with Crippen molar-refractivity contribution in [3.05, 3.63) is 28.2 Å². The Morgan fingerprint density at radius 3 is 2.76 bits per heavy atom. The molecule has 7 heteroatoms. The second kappa shape index (κ2) is 6.36. The quantitative estimate of drug-likeness (QED) is 0.837. The van der Waals surface area contributed by atoms with Gasteiger partial charge >= 0.3 is 6.18 Å². The van der Waals surface area contributed by atoms with Crippen LogP contribution < -0.4 is 10.6 Å². The van der Waals surface area contributed by atoms with Crippen LogP contribution in [0.1, 0.15) is 25.3 Å². The molecule has 116 valence electrons. The standard InChI is InChI=1S/C14H16BrF3N2O/c1-8-6-9(4-5-19-8)13(21)20-12-7-10(14(16,17)18)2-3-11(12)15/h2-3,7-9,19H,4-6H2,1H3,(H,20,21). The van der Waals surface area contributed by atoms with Crippen LogP contribution in [-0.4, -0.2) is 18.5 Å². The molecule has 1 aromatic carbocycles. The summed E-state index contributed by atoms with van der Waals surface area (Å²) in [6, 6.07) is 3.46. The van der Waals surface area contributed by atoms with Gasteiger partial charge in [-0.15, -0.1) is 0 Å². The number of amides is 1. The van der Waals surface area contributed by atoms with Gasteiger partial charge in [0, 0.05) is 16.4 Å². The summed E-state index contributed by atoms with van der Waals surface area (Å²) in [6.45, 7) is 2.72. The van der Waals surface area contributed by atoms with Crippen LogP contribution >= 0.6 is 15.9 Å². The van der Waals surface area contributed by atoms with Crippen molar-refractivity contribution in [2.24, 2.45) is 5.92 Å². The first-order valence-electron chi connectivity index (χ1n) is 6.68. The number of benzene rings is 1. The molecule has 2 rings (SSSR count). The molecule has 0 spiro atoms. The Balaban J connectivity index is 2.13. The average molecular weight is 365 g/mol. The minimum Gasteiger partial charge on any atom is -0.325 e. The monoisotopic (exact) mass is 364 g/mol. The molecule has 1 saturated heterocycles. The number of anilines is 1. The van der Waals surface area contributed by atoms with E-state index in [1.54, 1.807) is 0 Å². The molecule has 1 fully saturated rings. The molecule has 2 atom stereocenters. The van der Waals surface area contributed by atoms with Crippen LogP contribution in [0.5, 0.6) is 0 Å². The maximum Gasteiger partial charge on any atom is 0.416 e. The Bertz CT molecular complexity index is 533. The largest absolute Gasteiger partial charge is 0.416 e. The van der Waals surface area contributed by atoms with Crippen molar-refractivity contribution in [3.8, 4) is 0 Å². The summed E-state index contributed by atoms with van der Waals surface area (Å²) in [7, 11) is 0. The minimum atomic E-state index is -4.43. The molecule has 1 amide bonds. The molecule has 2 N–H and O–H groups in total. The first-order chi connectivity index (χ1) is 9.77. The van der Waals surface area contributed by atoms with Gasteiger partial charge in [-0.3, -0.25) is 4.79 Å². The van der Waals surface area contributed by atoms with E-state index in [2.05, 4.69) is 26.6 Å². The van der Waals surface area contributed by atoms with E-state index in [0.29, 0.717) is 17.3 Å². The van der Waals surface area contributed by atoms with Gasteiger partial charge in [-0.1, -0.05) is 0 Å². The van der Waals surface area contributed by atoms with Gasteiger partial charge in [-0.2, -0.15) is 13.2 Å². The SMILES string of the molecule is CC1CC(C(=O)Nc2cc(C(F)(F)F)ccc2Br)CCN1. The fourth-order valence-electron chi connectivity index (χ4n) is 2.40. The van der Waals surface area contributed by atoms with Crippen molar-refractivity contribution in [3.63, 3.8) is 0 Å².